The van der Waals surface area contributed by atoms with Gasteiger partial charge in [-0.05, 0) is 29.9 Å². The first-order chi connectivity index (χ1) is 8.93. The van der Waals surface area contributed by atoms with Gasteiger partial charge in [0, 0.05) is 0 Å². The van der Waals surface area contributed by atoms with Gasteiger partial charge in [0.05, 0.1) is 0 Å². The van der Waals surface area contributed by atoms with Crippen molar-refractivity contribution < 1.29 is 9.90 Å². The first-order valence-electron chi connectivity index (χ1n) is 6.94. The summed E-state index contributed by atoms with van der Waals surface area (Å²) in [5.74, 6) is 0.735. The largest absolute Gasteiger partial charge is 0.480 e. The lowest BCUT2D eigenvalue weighted by Gasteiger charge is -2.27. The lowest BCUT2D eigenvalue weighted by atomic mass is 9.85. The standard InChI is InChI=1S/C16H25NO2/c1-11(2)14(12(3)4)10-17-15(16(18)19)13-8-6-5-7-9-13/h5-9,11-12,14-15,17H,10H2,1-4H3,(H,18,19). The second-order valence-electron chi connectivity index (χ2n) is 5.74. The summed E-state index contributed by atoms with van der Waals surface area (Å²) in [6.07, 6.45) is 0. The molecule has 19 heavy (non-hydrogen) atoms. The molecule has 1 unspecified atom stereocenters. The molecule has 0 bridgehead atoms. The van der Waals surface area contributed by atoms with Crippen LogP contribution in [0.25, 0.3) is 0 Å². The van der Waals surface area contributed by atoms with Crippen LogP contribution < -0.4 is 5.32 Å². The first-order valence-corrected chi connectivity index (χ1v) is 6.94. The van der Waals surface area contributed by atoms with Crippen LogP contribution in [0.5, 0.6) is 0 Å². The van der Waals surface area contributed by atoms with E-state index < -0.39 is 12.0 Å². The predicted octanol–water partition coefficient (Wildman–Crippen LogP) is 3.33. The molecule has 0 heterocycles. The summed E-state index contributed by atoms with van der Waals surface area (Å²) in [6, 6.07) is 8.72. The second kappa shape index (κ2) is 7.29. The van der Waals surface area contributed by atoms with Gasteiger partial charge in [0.25, 0.3) is 0 Å². The van der Waals surface area contributed by atoms with E-state index in [0.717, 1.165) is 12.1 Å². The second-order valence-corrected chi connectivity index (χ2v) is 5.74. The number of carboxylic acids is 1. The average Bonchev–Trinajstić information content (AvgIpc) is 2.34. The van der Waals surface area contributed by atoms with E-state index in [1.54, 1.807) is 0 Å². The maximum Gasteiger partial charge on any atom is 0.325 e. The van der Waals surface area contributed by atoms with Crippen molar-refractivity contribution in [3.05, 3.63) is 35.9 Å². The molecule has 0 aliphatic heterocycles. The Morgan fingerprint density at radius 1 is 1.11 bits per heavy atom. The van der Waals surface area contributed by atoms with E-state index in [2.05, 4.69) is 33.0 Å². The van der Waals surface area contributed by atoms with Crippen LogP contribution in [-0.4, -0.2) is 17.6 Å². The zero-order chi connectivity index (χ0) is 14.4. The molecule has 1 atom stereocenters. The van der Waals surface area contributed by atoms with E-state index in [-0.39, 0.29) is 0 Å². The Bertz CT molecular complexity index is 379. The van der Waals surface area contributed by atoms with E-state index >= 15 is 0 Å². The fourth-order valence-corrected chi connectivity index (χ4v) is 2.49. The van der Waals surface area contributed by atoms with Gasteiger partial charge in [-0.1, -0.05) is 58.0 Å². The number of hydrogen-bond acceptors (Lipinski definition) is 2. The van der Waals surface area contributed by atoms with Crippen molar-refractivity contribution in [1.29, 1.82) is 0 Å². The molecule has 3 heteroatoms. The summed E-state index contributed by atoms with van der Waals surface area (Å²) in [5, 5.41) is 12.6. The molecule has 0 fully saturated rings. The number of nitrogens with one attached hydrogen (secondary N) is 1. The predicted molar refractivity (Wildman–Crippen MR) is 78.0 cm³/mol. The highest BCUT2D eigenvalue weighted by atomic mass is 16.4. The van der Waals surface area contributed by atoms with E-state index in [0.29, 0.717) is 17.8 Å². The van der Waals surface area contributed by atoms with Crippen LogP contribution in [0.3, 0.4) is 0 Å². The number of hydrogen-bond donors (Lipinski definition) is 2. The maximum atomic E-state index is 11.4. The van der Waals surface area contributed by atoms with Crippen molar-refractivity contribution in [2.24, 2.45) is 17.8 Å². The van der Waals surface area contributed by atoms with Gasteiger partial charge in [-0.15, -0.1) is 0 Å². The van der Waals surface area contributed by atoms with Gasteiger partial charge in [0.1, 0.15) is 6.04 Å². The monoisotopic (exact) mass is 263 g/mol. The van der Waals surface area contributed by atoms with Gasteiger partial charge in [-0.25, -0.2) is 0 Å². The van der Waals surface area contributed by atoms with E-state index in [1.165, 1.54) is 0 Å². The molecule has 0 spiro atoms. The normalized spacial score (nSPS) is 13.2. The molecule has 3 nitrogen and oxygen atoms in total. The SMILES string of the molecule is CC(C)C(CNC(C(=O)O)c1ccccc1)C(C)C. The van der Waals surface area contributed by atoms with Gasteiger partial charge >= 0.3 is 5.97 Å². The highest BCUT2D eigenvalue weighted by molar-refractivity contribution is 5.75. The molecule has 0 amide bonds. The summed E-state index contributed by atoms with van der Waals surface area (Å²) in [5.41, 5.74) is 0.807. The first kappa shape index (κ1) is 15.7. The Morgan fingerprint density at radius 2 is 1.63 bits per heavy atom. The molecule has 0 aliphatic rings. The number of benzene rings is 1. The zero-order valence-electron chi connectivity index (χ0n) is 12.3. The third-order valence-electron chi connectivity index (χ3n) is 3.65. The van der Waals surface area contributed by atoms with E-state index in [1.807, 2.05) is 30.3 Å². The van der Waals surface area contributed by atoms with Crippen LogP contribution in [0.1, 0.15) is 39.3 Å². The van der Waals surface area contributed by atoms with Crippen molar-refractivity contribution in [2.75, 3.05) is 6.54 Å². The molecule has 0 aliphatic carbocycles. The number of carbonyl (C=O) groups is 1. The highest BCUT2D eigenvalue weighted by Gasteiger charge is 2.23. The fourth-order valence-electron chi connectivity index (χ4n) is 2.49. The molecule has 106 valence electrons. The Morgan fingerprint density at radius 3 is 2.05 bits per heavy atom. The van der Waals surface area contributed by atoms with Crippen molar-refractivity contribution in [3.63, 3.8) is 0 Å². The minimum atomic E-state index is -0.822. The zero-order valence-corrected chi connectivity index (χ0v) is 12.3. The van der Waals surface area contributed by atoms with Crippen LogP contribution in [0, 0.1) is 17.8 Å². The summed E-state index contributed by atoms with van der Waals surface area (Å²) >= 11 is 0. The average molecular weight is 263 g/mol. The minimum absolute atomic E-state index is 0.477. The quantitative estimate of drug-likeness (QED) is 0.793. The lowest BCUT2D eigenvalue weighted by Crippen LogP contribution is -2.35. The summed E-state index contributed by atoms with van der Waals surface area (Å²) in [7, 11) is 0. The Labute approximate surface area is 116 Å². The van der Waals surface area contributed by atoms with Crippen LogP contribution in [0.4, 0.5) is 0 Å². The van der Waals surface area contributed by atoms with Gasteiger partial charge in [0.2, 0.25) is 0 Å². The minimum Gasteiger partial charge on any atom is -0.480 e. The summed E-state index contributed by atoms with van der Waals surface area (Å²) in [6.45, 7) is 9.46. The fraction of sp³-hybridized carbons (Fsp3) is 0.562. The van der Waals surface area contributed by atoms with Crippen LogP contribution >= 0.6 is 0 Å². The Balaban J connectivity index is 2.73. The van der Waals surface area contributed by atoms with Crippen LogP contribution in [-0.2, 0) is 4.79 Å². The van der Waals surface area contributed by atoms with Crippen molar-refractivity contribution >= 4 is 5.97 Å². The number of aliphatic carboxylic acids is 1. The molecule has 2 N–H and O–H groups in total. The van der Waals surface area contributed by atoms with Gasteiger partial charge in [0.15, 0.2) is 0 Å². The molecule has 1 aromatic rings. The molecule has 1 aromatic carbocycles. The molecule has 0 saturated heterocycles. The smallest absolute Gasteiger partial charge is 0.325 e. The molecular formula is C16H25NO2. The Kier molecular flexibility index (Phi) is 6.03. The van der Waals surface area contributed by atoms with Gasteiger partial charge in [-0.2, -0.15) is 0 Å². The number of rotatable bonds is 7. The third-order valence-corrected chi connectivity index (χ3v) is 3.65. The van der Waals surface area contributed by atoms with Crippen molar-refractivity contribution in [1.82, 2.24) is 5.32 Å². The van der Waals surface area contributed by atoms with E-state index in [9.17, 15) is 9.90 Å². The van der Waals surface area contributed by atoms with Crippen molar-refractivity contribution in [2.45, 2.75) is 33.7 Å². The van der Waals surface area contributed by atoms with E-state index in [4.69, 9.17) is 0 Å². The van der Waals surface area contributed by atoms with Crippen LogP contribution in [0.2, 0.25) is 0 Å². The van der Waals surface area contributed by atoms with Gasteiger partial charge in [-0.3, -0.25) is 4.79 Å². The lowest BCUT2D eigenvalue weighted by molar-refractivity contribution is -0.139. The van der Waals surface area contributed by atoms with Gasteiger partial charge < -0.3 is 10.4 Å². The highest BCUT2D eigenvalue weighted by Crippen LogP contribution is 2.21. The summed E-state index contributed by atoms with van der Waals surface area (Å²) in [4.78, 5) is 11.4. The molecule has 1 rings (SSSR count). The summed E-state index contributed by atoms with van der Waals surface area (Å²) < 4.78 is 0. The molecular weight excluding hydrogens is 238 g/mol. The maximum absolute atomic E-state index is 11.4. The van der Waals surface area contributed by atoms with Crippen molar-refractivity contribution in [3.8, 4) is 0 Å². The topological polar surface area (TPSA) is 49.3 Å². The Hall–Kier alpha value is -1.35. The molecule has 0 radical (unpaired) electrons. The number of carboxylic acid groups (broad SMARTS) is 1. The molecule has 0 aromatic heterocycles. The van der Waals surface area contributed by atoms with Crippen LogP contribution in [0.15, 0.2) is 30.3 Å². The molecule has 0 saturated carbocycles. The third kappa shape index (κ3) is 4.67.